The van der Waals surface area contributed by atoms with Crippen molar-refractivity contribution in [3.05, 3.63) is 0 Å². The summed E-state index contributed by atoms with van der Waals surface area (Å²) in [5.41, 5.74) is 0.601. The molecule has 0 saturated heterocycles. The van der Waals surface area contributed by atoms with Gasteiger partial charge in [0, 0.05) is 19.3 Å². The van der Waals surface area contributed by atoms with Gasteiger partial charge in [0.1, 0.15) is 6.10 Å². The zero-order chi connectivity index (χ0) is 24.1. The molecule has 4 rings (SSSR count). The van der Waals surface area contributed by atoms with Gasteiger partial charge in [0.05, 0.1) is 0 Å². The Balaban J connectivity index is 1.69. The standard InChI is InChI=1S/C29H48O4/c1-7-20-24-16-17(2)12-14-29(24,6)23-13-15-28(5)21(18(3)8-11-25(31)32)9-10-22(28)26(23)27(20)33-19(4)30/h17-18,20-24,26-27H,7-16H2,1-6H3,(H,31,32)/t17-,18-,20-,21-,22+,23+,24+,26+,27-,28-,29-/m1/s1. The van der Waals surface area contributed by atoms with E-state index in [1.54, 1.807) is 6.92 Å². The maximum Gasteiger partial charge on any atom is 0.303 e. The molecule has 0 radical (unpaired) electrons. The second kappa shape index (κ2) is 9.19. The molecule has 188 valence electrons. The quantitative estimate of drug-likeness (QED) is 0.435. The summed E-state index contributed by atoms with van der Waals surface area (Å²) in [6.45, 7) is 13.7. The Morgan fingerprint density at radius 2 is 1.70 bits per heavy atom. The fraction of sp³-hybridized carbons (Fsp3) is 0.931. The second-order valence-corrected chi connectivity index (χ2v) is 13.1. The third-order valence-corrected chi connectivity index (χ3v) is 11.5. The molecule has 0 aromatic rings. The van der Waals surface area contributed by atoms with Crippen LogP contribution in [0.4, 0.5) is 0 Å². The average molecular weight is 461 g/mol. The second-order valence-electron chi connectivity index (χ2n) is 13.1. The summed E-state index contributed by atoms with van der Waals surface area (Å²) >= 11 is 0. The van der Waals surface area contributed by atoms with Crippen LogP contribution in [0.25, 0.3) is 0 Å². The van der Waals surface area contributed by atoms with Gasteiger partial charge >= 0.3 is 11.9 Å². The Morgan fingerprint density at radius 1 is 1.03 bits per heavy atom. The topological polar surface area (TPSA) is 63.6 Å². The molecule has 0 amide bonds. The number of carbonyl (C=O) groups excluding carboxylic acids is 1. The van der Waals surface area contributed by atoms with Crippen LogP contribution in [0.1, 0.15) is 106 Å². The van der Waals surface area contributed by atoms with Gasteiger partial charge < -0.3 is 9.84 Å². The molecule has 4 saturated carbocycles. The van der Waals surface area contributed by atoms with Crippen LogP contribution in [0.2, 0.25) is 0 Å². The number of carboxylic acid groups (broad SMARTS) is 1. The first-order valence-electron chi connectivity index (χ1n) is 13.9. The molecule has 1 N–H and O–H groups in total. The maximum atomic E-state index is 12.4. The van der Waals surface area contributed by atoms with E-state index in [1.165, 1.54) is 44.9 Å². The first-order valence-corrected chi connectivity index (χ1v) is 13.9. The van der Waals surface area contributed by atoms with Crippen molar-refractivity contribution in [3.8, 4) is 0 Å². The predicted molar refractivity (Wildman–Crippen MR) is 131 cm³/mol. The van der Waals surface area contributed by atoms with Crippen molar-refractivity contribution in [1.29, 1.82) is 0 Å². The monoisotopic (exact) mass is 460 g/mol. The summed E-state index contributed by atoms with van der Waals surface area (Å²) in [6.07, 6.45) is 11.1. The zero-order valence-electron chi connectivity index (χ0n) is 21.9. The van der Waals surface area contributed by atoms with E-state index in [1.807, 2.05) is 0 Å². The van der Waals surface area contributed by atoms with Crippen molar-refractivity contribution in [1.82, 2.24) is 0 Å². The van der Waals surface area contributed by atoms with Crippen LogP contribution in [-0.4, -0.2) is 23.1 Å². The zero-order valence-corrected chi connectivity index (χ0v) is 21.9. The van der Waals surface area contributed by atoms with Crippen LogP contribution in [0.5, 0.6) is 0 Å². The number of esters is 1. The van der Waals surface area contributed by atoms with Crippen LogP contribution in [0.3, 0.4) is 0 Å². The van der Waals surface area contributed by atoms with Gasteiger partial charge in [-0.3, -0.25) is 9.59 Å². The SMILES string of the molecule is CC[C@H]1[C@@H](OC(C)=O)[C@@H]2[C@H](CC[C@]3(C)[C@@H]([C@H](C)CCC(=O)O)CC[C@@H]23)[C@@]2(C)CC[C@@H](C)C[C@@H]12. The first-order chi connectivity index (χ1) is 15.5. The highest BCUT2D eigenvalue weighted by Crippen LogP contribution is 2.70. The molecule has 33 heavy (non-hydrogen) atoms. The van der Waals surface area contributed by atoms with Gasteiger partial charge in [-0.15, -0.1) is 0 Å². The molecule has 0 aromatic heterocycles. The van der Waals surface area contributed by atoms with Crippen LogP contribution >= 0.6 is 0 Å². The van der Waals surface area contributed by atoms with Crippen LogP contribution in [0, 0.1) is 58.2 Å². The maximum absolute atomic E-state index is 12.4. The van der Waals surface area contributed by atoms with Gasteiger partial charge in [-0.05, 0) is 104 Å². The number of aliphatic carboxylic acids is 1. The summed E-state index contributed by atoms with van der Waals surface area (Å²) < 4.78 is 6.30. The van der Waals surface area contributed by atoms with Gasteiger partial charge in [-0.1, -0.05) is 41.0 Å². The van der Waals surface area contributed by atoms with E-state index in [4.69, 9.17) is 4.74 Å². The lowest BCUT2D eigenvalue weighted by Crippen LogP contribution is -2.62. The molecule has 0 aromatic carbocycles. The molecular formula is C29H48O4. The largest absolute Gasteiger partial charge is 0.481 e. The van der Waals surface area contributed by atoms with E-state index < -0.39 is 5.97 Å². The van der Waals surface area contributed by atoms with Crippen molar-refractivity contribution in [2.75, 3.05) is 0 Å². The Bertz CT molecular complexity index is 748. The van der Waals surface area contributed by atoms with Gasteiger partial charge in [0.2, 0.25) is 0 Å². The highest BCUT2D eigenvalue weighted by atomic mass is 16.5. The van der Waals surface area contributed by atoms with E-state index in [0.29, 0.717) is 46.8 Å². The normalized spacial score (nSPS) is 47.7. The van der Waals surface area contributed by atoms with E-state index in [0.717, 1.165) is 18.8 Å². The number of rotatable bonds is 6. The van der Waals surface area contributed by atoms with Crippen LogP contribution in [0.15, 0.2) is 0 Å². The van der Waals surface area contributed by atoms with Gasteiger partial charge in [0.15, 0.2) is 0 Å². The lowest BCUT2D eigenvalue weighted by Gasteiger charge is -2.65. The Hall–Kier alpha value is -1.06. The van der Waals surface area contributed by atoms with Crippen molar-refractivity contribution in [3.63, 3.8) is 0 Å². The predicted octanol–water partition coefficient (Wildman–Crippen LogP) is 6.96. The lowest BCUT2D eigenvalue weighted by atomic mass is 9.41. The fourth-order valence-electron chi connectivity index (χ4n) is 10.0. The van der Waals surface area contributed by atoms with Gasteiger partial charge in [0.25, 0.3) is 0 Å². The highest BCUT2D eigenvalue weighted by Gasteiger charge is 2.65. The van der Waals surface area contributed by atoms with E-state index in [9.17, 15) is 14.7 Å². The minimum Gasteiger partial charge on any atom is -0.481 e. The molecule has 4 aliphatic carbocycles. The third kappa shape index (κ3) is 4.16. The molecule has 4 heteroatoms. The molecular weight excluding hydrogens is 412 g/mol. The molecule has 0 bridgehead atoms. The number of ether oxygens (including phenoxy) is 1. The van der Waals surface area contributed by atoms with Gasteiger partial charge in [-0.2, -0.15) is 0 Å². The van der Waals surface area contributed by atoms with Crippen LogP contribution < -0.4 is 0 Å². The number of carboxylic acids is 1. The molecule has 0 spiro atoms. The first kappa shape index (κ1) is 25.0. The lowest BCUT2D eigenvalue weighted by molar-refractivity contribution is -0.213. The summed E-state index contributed by atoms with van der Waals surface area (Å²) in [5, 5.41) is 9.24. The summed E-state index contributed by atoms with van der Waals surface area (Å²) in [5.74, 6) is 3.82. The van der Waals surface area contributed by atoms with E-state index >= 15 is 0 Å². The summed E-state index contributed by atoms with van der Waals surface area (Å²) in [4.78, 5) is 23.6. The Kier molecular flexibility index (Phi) is 6.97. The molecule has 11 atom stereocenters. The Labute approximate surface area is 201 Å². The average Bonchev–Trinajstić information content (AvgIpc) is 3.10. The van der Waals surface area contributed by atoms with Crippen molar-refractivity contribution < 1.29 is 19.4 Å². The Morgan fingerprint density at radius 3 is 2.33 bits per heavy atom. The number of fused-ring (bicyclic) bond motifs is 5. The molecule has 0 aliphatic heterocycles. The van der Waals surface area contributed by atoms with E-state index in [2.05, 4.69) is 34.6 Å². The minimum absolute atomic E-state index is 0.0542. The smallest absolute Gasteiger partial charge is 0.303 e. The highest BCUT2D eigenvalue weighted by molar-refractivity contribution is 5.66. The summed E-state index contributed by atoms with van der Waals surface area (Å²) in [6, 6.07) is 0. The minimum atomic E-state index is -0.677. The van der Waals surface area contributed by atoms with Crippen molar-refractivity contribution in [2.24, 2.45) is 58.2 Å². The fourth-order valence-corrected chi connectivity index (χ4v) is 10.0. The molecule has 4 fully saturated rings. The number of carbonyl (C=O) groups is 2. The molecule has 0 unspecified atom stereocenters. The van der Waals surface area contributed by atoms with Crippen molar-refractivity contribution >= 4 is 11.9 Å². The van der Waals surface area contributed by atoms with Crippen LogP contribution in [-0.2, 0) is 14.3 Å². The molecule has 4 aliphatic rings. The number of hydrogen-bond donors (Lipinski definition) is 1. The van der Waals surface area contributed by atoms with Crippen molar-refractivity contribution in [2.45, 2.75) is 112 Å². The van der Waals surface area contributed by atoms with Gasteiger partial charge in [-0.25, -0.2) is 0 Å². The third-order valence-electron chi connectivity index (χ3n) is 11.5. The summed E-state index contributed by atoms with van der Waals surface area (Å²) in [7, 11) is 0. The number of hydrogen-bond acceptors (Lipinski definition) is 3. The molecule has 0 heterocycles. The van der Waals surface area contributed by atoms with E-state index in [-0.39, 0.29) is 23.9 Å². The molecule has 4 nitrogen and oxygen atoms in total.